The lowest BCUT2D eigenvalue weighted by Crippen LogP contribution is -2.06. The summed E-state index contributed by atoms with van der Waals surface area (Å²) < 4.78 is 20.6. The van der Waals surface area contributed by atoms with E-state index in [0.29, 0.717) is 5.56 Å². The van der Waals surface area contributed by atoms with Crippen LogP contribution >= 0.6 is 11.8 Å². The molecule has 0 aliphatic rings. The fourth-order valence-corrected chi connectivity index (χ4v) is 1.07. The predicted octanol–water partition coefficient (Wildman–Crippen LogP) is 1.61. The molecule has 1 N–H and O–H groups in total. The van der Waals surface area contributed by atoms with Crippen molar-refractivity contribution in [1.29, 1.82) is 0 Å². The number of thioether (sulfide) groups is 1. The van der Waals surface area contributed by atoms with Crippen molar-refractivity contribution in [2.45, 2.75) is 6.10 Å². The maximum absolute atomic E-state index is 11.3. The molecule has 64 valence electrons. The van der Waals surface area contributed by atoms with Crippen molar-refractivity contribution >= 4 is 16.9 Å². The topological polar surface area (TPSA) is 37.3 Å². The Labute approximate surface area is 79.8 Å². The van der Waals surface area contributed by atoms with Crippen LogP contribution < -0.4 is 0 Å². The smallest absolute Gasteiger partial charge is 0.221 e. The summed E-state index contributed by atoms with van der Waals surface area (Å²) in [5, 5.41) is 8.77. The molecule has 0 aliphatic carbocycles. The highest BCUT2D eigenvalue weighted by molar-refractivity contribution is 8.13. The van der Waals surface area contributed by atoms with Gasteiger partial charge < -0.3 is 5.11 Å². The molecule has 0 aromatic heterocycles. The third-order valence-electron chi connectivity index (χ3n) is 1.44. The Morgan fingerprint density at radius 1 is 1.58 bits per heavy atom. The van der Waals surface area contributed by atoms with Crippen LogP contribution in [0.3, 0.4) is 0 Å². The zero-order valence-corrected chi connectivity index (χ0v) is 7.04. The van der Waals surface area contributed by atoms with E-state index in [-0.39, 0.29) is 11.8 Å². The summed E-state index contributed by atoms with van der Waals surface area (Å²) in [6, 6.07) is 8.24. The van der Waals surface area contributed by atoms with Crippen LogP contribution in [0.5, 0.6) is 0 Å². The van der Waals surface area contributed by atoms with E-state index in [9.17, 15) is 9.90 Å². The Morgan fingerprint density at radius 2 is 2.25 bits per heavy atom. The minimum absolute atomic E-state index is 0.171. The SMILES string of the molecule is [2H]C([2H])([2H])SC(=O)C(O)c1ccccc1. The van der Waals surface area contributed by atoms with Gasteiger partial charge in [-0.15, -0.1) is 0 Å². The molecule has 0 amide bonds. The molecular formula is C9H10O2S. The lowest BCUT2D eigenvalue weighted by Gasteiger charge is -2.06. The highest BCUT2D eigenvalue weighted by Crippen LogP contribution is 2.17. The highest BCUT2D eigenvalue weighted by Gasteiger charge is 2.14. The van der Waals surface area contributed by atoms with Crippen LogP contribution in [0.1, 0.15) is 15.8 Å². The van der Waals surface area contributed by atoms with Crippen molar-refractivity contribution < 1.29 is 14.0 Å². The normalized spacial score (nSPS) is 17.2. The molecule has 0 saturated carbocycles. The van der Waals surface area contributed by atoms with Crippen LogP contribution in [-0.2, 0) is 4.79 Å². The van der Waals surface area contributed by atoms with E-state index in [1.165, 1.54) is 0 Å². The van der Waals surface area contributed by atoms with E-state index in [1.54, 1.807) is 30.3 Å². The predicted molar refractivity (Wildman–Crippen MR) is 49.9 cm³/mol. The van der Waals surface area contributed by atoms with Gasteiger partial charge in [0.2, 0.25) is 5.12 Å². The number of hydrogen-bond donors (Lipinski definition) is 1. The molecule has 0 aliphatic heterocycles. The van der Waals surface area contributed by atoms with Gasteiger partial charge in [-0.1, -0.05) is 42.1 Å². The van der Waals surface area contributed by atoms with Crippen LogP contribution in [0.25, 0.3) is 0 Å². The van der Waals surface area contributed by atoms with Crippen molar-refractivity contribution in [3.8, 4) is 0 Å². The molecule has 1 aromatic carbocycles. The number of carbonyl (C=O) groups is 1. The average Bonchev–Trinajstić information content (AvgIpc) is 2.15. The van der Waals surface area contributed by atoms with E-state index >= 15 is 0 Å². The molecule has 0 fully saturated rings. The first-order valence-corrected chi connectivity index (χ1v) is 4.18. The fraction of sp³-hybridized carbons (Fsp3) is 0.222. The molecule has 2 nitrogen and oxygen atoms in total. The van der Waals surface area contributed by atoms with Gasteiger partial charge in [-0.2, -0.15) is 0 Å². The van der Waals surface area contributed by atoms with Crippen molar-refractivity contribution in [3.63, 3.8) is 0 Å². The lowest BCUT2D eigenvalue weighted by atomic mass is 10.1. The first-order chi connectivity index (χ1) is 6.90. The molecule has 3 heteroatoms. The molecule has 1 aromatic rings. The summed E-state index contributed by atoms with van der Waals surface area (Å²) in [5.74, 6) is 0. The third-order valence-corrected chi connectivity index (χ3v) is 1.86. The van der Waals surface area contributed by atoms with Gasteiger partial charge in [-0.25, -0.2) is 0 Å². The van der Waals surface area contributed by atoms with Gasteiger partial charge in [0.15, 0.2) is 0 Å². The summed E-state index contributed by atoms with van der Waals surface area (Å²) in [6.45, 7) is 0. The van der Waals surface area contributed by atoms with Gasteiger partial charge in [-0.05, 0) is 11.7 Å². The molecule has 1 unspecified atom stereocenters. The maximum Gasteiger partial charge on any atom is 0.221 e. The second-order valence-corrected chi connectivity index (χ2v) is 2.84. The lowest BCUT2D eigenvalue weighted by molar-refractivity contribution is -0.118. The van der Waals surface area contributed by atoms with Crippen LogP contribution in [0.2, 0.25) is 0 Å². The zero-order valence-electron chi connectivity index (χ0n) is 9.23. The number of benzene rings is 1. The summed E-state index contributed by atoms with van der Waals surface area (Å²) in [6.07, 6.45) is -3.79. The van der Waals surface area contributed by atoms with E-state index in [4.69, 9.17) is 4.11 Å². The molecule has 1 atom stereocenters. The first-order valence-electron chi connectivity index (χ1n) is 4.86. The van der Waals surface area contributed by atoms with Gasteiger partial charge in [0.05, 0.1) is 0 Å². The molecule has 0 radical (unpaired) electrons. The Morgan fingerprint density at radius 3 is 2.83 bits per heavy atom. The van der Waals surface area contributed by atoms with Gasteiger partial charge in [0, 0.05) is 4.11 Å². The molecule has 0 saturated heterocycles. The summed E-state index contributed by atoms with van der Waals surface area (Å²) in [7, 11) is 0. The third kappa shape index (κ3) is 2.09. The average molecular weight is 185 g/mol. The second kappa shape index (κ2) is 4.28. The van der Waals surface area contributed by atoms with E-state index in [0.717, 1.165) is 0 Å². The van der Waals surface area contributed by atoms with Crippen LogP contribution in [0, 0.1) is 0 Å². The Balaban J connectivity index is 2.70. The second-order valence-electron chi connectivity index (χ2n) is 2.23. The molecule has 0 heterocycles. The van der Waals surface area contributed by atoms with Crippen molar-refractivity contribution in [2.24, 2.45) is 0 Å². The monoisotopic (exact) mass is 185 g/mol. The molecule has 0 bridgehead atoms. The zero-order chi connectivity index (χ0) is 11.5. The Bertz CT molecular complexity index is 337. The van der Waals surface area contributed by atoms with Gasteiger partial charge in [0.25, 0.3) is 0 Å². The van der Waals surface area contributed by atoms with Crippen LogP contribution in [0.4, 0.5) is 0 Å². The quantitative estimate of drug-likeness (QED) is 0.760. The van der Waals surface area contributed by atoms with Gasteiger partial charge >= 0.3 is 0 Å². The molecule has 0 spiro atoms. The van der Waals surface area contributed by atoms with E-state index < -0.39 is 17.4 Å². The van der Waals surface area contributed by atoms with Crippen molar-refractivity contribution in [2.75, 3.05) is 6.18 Å². The summed E-state index contributed by atoms with van der Waals surface area (Å²) >= 11 is 0.171. The molecular weight excluding hydrogens is 172 g/mol. The largest absolute Gasteiger partial charge is 0.380 e. The van der Waals surface area contributed by atoms with Crippen LogP contribution in [-0.4, -0.2) is 16.4 Å². The van der Waals surface area contributed by atoms with Gasteiger partial charge in [0.1, 0.15) is 6.10 Å². The maximum atomic E-state index is 11.3. The number of hydrogen-bond acceptors (Lipinski definition) is 3. The standard InChI is InChI=1S/C9H10O2S/c1-12-9(11)8(10)7-5-3-2-4-6-7/h2-6,8,10H,1H3/i1D3. The first kappa shape index (κ1) is 5.78. The molecule has 1 rings (SSSR count). The Hall–Kier alpha value is -0.800. The van der Waals surface area contributed by atoms with Crippen LogP contribution in [0.15, 0.2) is 30.3 Å². The fourth-order valence-electron chi connectivity index (χ4n) is 0.827. The number of rotatable bonds is 2. The van der Waals surface area contributed by atoms with E-state index in [1.807, 2.05) is 0 Å². The number of carbonyl (C=O) groups excluding carboxylic acids is 1. The van der Waals surface area contributed by atoms with Crippen molar-refractivity contribution in [3.05, 3.63) is 35.9 Å². The summed E-state index contributed by atoms with van der Waals surface area (Å²) in [4.78, 5) is 11.3. The minimum atomic E-state index is -2.41. The summed E-state index contributed by atoms with van der Waals surface area (Å²) in [5.41, 5.74) is 0.402. The number of aliphatic hydroxyl groups is 1. The highest BCUT2D eigenvalue weighted by atomic mass is 32.2. The molecule has 12 heavy (non-hydrogen) atoms. The number of aliphatic hydroxyl groups excluding tert-OH is 1. The Kier molecular flexibility index (Phi) is 2.06. The van der Waals surface area contributed by atoms with Gasteiger partial charge in [-0.3, -0.25) is 4.79 Å². The van der Waals surface area contributed by atoms with E-state index in [2.05, 4.69) is 0 Å². The van der Waals surface area contributed by atoms with Crippen molar-refractivity contribution in [1.82, 2.24) is 0 Å². The minimum Gasteiger partial charge on any atom is -0.380 e.